The standard InChI is InChI=1S/C19H23N3O3S2/c1-13(17(24)20-9-7-14-5-3-2-4-6-14)25-16(23)11-27-19-15-8-10-26-18(15)21-12-22-19/h5,8,10,12-13H,2-4,6-7,9,11H2,1H3,(H,20,24)/t13-/m0/s1. The molecule has 1 aliphatic carbocycles. The van der Waals surface area contributed by atoms with Crippen LogP contribution >= 0.6 is 23.1 Å². The van der Waals surface area contributed by atoms with Crippen molar-refractivity contribution in [3.63, 3.8) is 0 Å². The summed E-state index contributed by atoms with van der Waals surface area (Å²) in [6.07, 6.45) is 8.58. The van der Waals surface area contributed by atoms with E-state index >= 15 is 0 Å². The Morgan fingerprint density at radius 1 is 1.37 bits per heavy atom. The molecule has 3 rings (SSSR count). The van der Waals surface area contributed by atoms with E-state index in [1.165, 1.54) is 47.8 Å². The van der Waals surface area contributed by atoms with Gasteiger partial charge in [-0.3, -0.25) is 9.59 Å². The van der Waals surface area contributed by atoms with Gasteiger partial charge in [0.2, 0.25) is 0 Å². The first kappa shape index (κ1) is 19.8. The Kier molecular flexibility index (Phi) is 7.23. The number of ether oxygens (including phenoxy) is 1. The fourth-order valence-corrected chi connectivity index (χ4v) is 4.48. The third-order valence-corrected chi connectivity index (χ3v) is 6.16. The Morgan fingerprint density at radius 2 is 2.26 bits per heavy atom. The molecule has 0 saturated carbocycles. The van der Waals surface area contributed by atoms with Crippen LogP contribution < -0.4 is 5.32 Å². The lowest BCUT2D eigenvalue weighted by molar-refractivity contribution is -0.152. The number of thioether (sulfide) groups is 1. The number of fused-ring (bicyclic) bond motifs is 1. The molecule has 0 aromatic carbocycles. The molecule has 0 spiro atoms. The van der Waals surface area contributed by atoms with Crippen molar-refractivity contribution in [2.24, 2.45) is 0 Å². The second kappa shape index (κ2) is 9.85. The van der Waals surface area contributed by atoms with Gasteiger partial charge in [-0.1, -0.05) is 23.4 Å². The summed E-state index contributed by atoms with van der Waals surface area (Å²) in [6, 6.07) is 1.94. The van der Waals surface area contributed by atoms with Crippen LogP contribution in [0.5, 0.6) is 0 Å². The number of hydrogen-bond donors (Lipinski definition) is 1. The van der Waals surface area contributed by atoms with Crippen LogP contribution in [0.1, 0.15) is 39.0 Å². The van der Waals surface area contributed by atoms with Crippen LogP contribution in [-0.2, 0) is 14.3 Å². The lowest BCUT2D eigenvalue weighted by Crippen LogP contribution is -2.36. The van der Waals surface area contributed by atoms with E-state index in [9.17, 15) is 9.59 Å². The van der Waals surface area contributed by atoms with Crippen molar-refractivity contribution in [1.29, 1.82) is 0 Å². The van der Waals surface area contributed by atoms with Crippen molar-refractivity contribution in [2.45, 2.75) is 50.2 Å². The largest absolute Gasteiger partial charge is 0.452 e. The Bertz CT molecular complexity index is 834. The number of thiophene rings is 1. The minimum absolute atomic E-state index is 0.104. The topological polar surface area (TPSA) is 81.2 Å². The Hall–Kier alpha value is -1.93. The minimum Gasteiger partial charge on any atom is -0.452 e. The molecule has 1 atom stereocenters. The number of hydrogen-bond acceptors (Lipinski definition) is 7. The zero-order chi connectivity index (χ0) is 19.1. The van der Waals surface area contributed by atoms with E-state index in [0.717, 1.165) is 34.5 Å². The molecule has 144 valence electrons. The first-order chi connectivity index (χ1) is 13.1. The normalized spacial score (nSPS) is 15.2. The molecule has 0 unspecified atom stereocenters. The third-order valence-electron chi connectivity index (χ3n) is 4.36. The van der Waals surface area contributed by atoms with E-state index in [4.69, 9.17) is 4.74 Å². The van der Waals surface area contributed by atoms with Gasteiger partial charge in [0.25, 0.3) is 5.91 Å². The lowest BCUT2D eigenvalue weighted by atomic mass is 9.97. The molecule has 0 fully saturated rings. The SMILES string of the molecule is C[C@H](OC(=O)CSc1ncnc2sccc12)C(=O)NCCC1=CCCCC1. The summed E-state index contributed by atoms with van der Waals surface area (Å²) in [6.45, 7) is 2.18. The van der Waals surface area contributed by atoms with Crippen molar-refractivity contribution in [2.75, 3.05) is 12.3 Å². The minimum atomic E-state index is -0.801. The predicted octanol–water partition coefficient (Wildman–Crippen LogP) is 3.72. The maximum atomic E-state index is 12.1. The number of nitrogens with one attached hydrogen (secondary N) is 1. The van der Waals surface area contributed by atoms with Crippen molar-refractivity contribution in [3.05, 3.63) is 29.4 Å². The van der Waals surface area contributed by atoms with Crippen LogP contribution in [0.15, 0.2) is 34.4 Å². The fourth-order valence-electron chi connectivity index (χ4n) is 2.92. The Labute approximate surface area is 166 Å². The number of amides is 1. The summed E-state index contributed by atoms with van der Waals surface area (Å²) >= 11 is 2.83. The molecular formula is C19H23N3O3S2. The molecule has 2 aromatic rings. The quantitative estimate of drug-likeness (QED) is 0.312. The summed E-state index contributed by atoms with van der Waals surface area (Å²) < 4.78 is 5.24. The maximum absolute atomic E-state index is 12.1. The second-order valence-electron chi connectivity index (χ2n) is 6.39. The number of carbonyl (C=O) groups excluding carboxylic acids is 2. The third kappa shape index (κ3) is 5.77. The Morgan fingerprint density at radius 3 is 3.07 bits per heavy atom. The van der Waals surface area contributed by atoms with E-state index in [2.05, 4.69) is 21.4 Å². The van der Waals surface area contributed by atoms with Gasteiger partial charge in [-0.2, -0.15) is 0 Å². The molecule has 1 N–H and O–H groups in total. The van der Waals surface area contributed by atoms with E-state index in [-0.39, 0.29) is 11.7 Å². The average Bonchev–Trinajstić information content (AvgIpc) is 3.16. The van der Waals surface area contributed by atoms with Crippen LogP contribution in [0.25, 0.3) is 10.2 Å². The molecule has 2 heterocycles. The average molecular weight is 406 g/mol. The summed E-state index contributed by atoms with van der Waals surface area (Å²) in [4.78, 5) is 33.4. The van der Waals surface area contributed by atoms with E-state index in [1.807, 2.05) is 11.4 Å². The van der Waals surface area contributed by atoms with Crippen molar-refractivity contribution in [3.8, 4) is 0 Å². The van der Waals surface area contributed by atoms with Crippen LogP contribution in [0.3, 0.4) is 0 Å². The maximum Gasteiger partial charge on any atom is 0.317 e. The number of carbonyl (C=O) groups is 2. The number of nitrogens with zero attached hydrogens (tertiary/aromatic N) is 2. The number of rotatable bonds is 8. The number of allylic oxidation sites excluding steroid dienone is 1. The molecule has 1 amide bonds. The zero-order valence-electron chi connectivity index (χ0n) is 15.3. The van der Waals surface area contributed by atoms with Gasteiger partial charge in [-0.05, 0) is 50.5 Å². The highest BCUT2D eigenvalue weighted by atomic mass is 32.2. The molecule has 0 radical (unpaired) electrons. The molecular weight excluding hydrogens is 382 g/mol. The van der Waals surface area contributed by atoms with Gasteiger partial charge in [0.1, 0.15) is 16.2 Å². The molecule has 2 aromatic heterocycles. The summed E-state index contributed by atoms with van der Waals surface area (Å²) in [5.41, 5.74) is 1.41. The summed E-state index contributed by atoms with van der Waals surface area (Å²) in [5, 5.41) is 6.47. The first-order valence-electron chi connectivity index (χ1n) is 9.09. The second-order valence-corrected chi connectivity index (χ2v) is 8.25. The first-order valence-corrected chi connectivity index (χ1v) is 11.0. The van der Waals surface area contributed by atoms with E-state index in [0.29, 0.717) is 6.54 Å². The molecule has 1 aliphatic rings. The molecule has 0 bridgehead atoms. The zero-order valence-corrected chi connectivity index (χ0v) is 16.9. The summed E-state index contributed by atoms with van der Waals surface area (Å²) in [5.74, 6) is -0.585. The van der Waals surface area contributed by atoms with E-state index in [1.54, 1.807) is 6.92 Å². The van der Waals surface area contributed by atoms with Gasteiger partial charge in [0.15, 0.2) is 6.10 Å². The Balaban J connectivity index is 1.39. The fraction of sp³-hybridized carbons (Fsp3) is 0.474. The van der Waals surface area contributed by atoms with Gasteiger partial charge < -0.3 is 10.1 Å². The highest BCUT2D eigenvalue weighted by Crippen LogP contribution is 2.27. The number of esters is 1. The van der Waals surface area contributed by atoms with E-state index < -0.39 is 12.1 Å². The monoisotopic (exact) mass is 405 g/mol. The predicted molar refractivity (Wildman–Crippen MR) is 108 cm³/mol. The van der Waals surface area contributed by atoms with Crippen LogP contribution in [-0.4, -0.2) is 40.2 Å². The van der Waals surface area contributed by atoms with Crippen LogP contribution in [0.2, 0.25) is 0 Å². The highest BCUT2D eigenvalue weighted by molar-refractivity contribution is 8.00. The van der Waals surface area contributed by atoms with Gasteiger partial charge in [0.05, 0.1) is 5.75 Å². The molecule has 6 nitrogen and oxygen atoms in total. The smallest absolute Gasteiger partial charge is 0.317 e. The lowest BCUT2D eigenvalue weighted by Gasteiger charge is -2.15. The van der Waals surface area contributed by atoms with Gasteiger partial charge in [0, 0.05) is 11.9 Å². The van der Waals surface area contributed by atoms with Gasteiger partial charge in [-0.15, -0.1) is 11.3 Å². The van der Waals surface area contributed by atoms with Gasteiger partial charge in [-0.25, -0.2) is 9.97 Å². The highest BCUT2D eigenvalue weighted by Gasteiger charge is 2.18. The van der Waals surface area contributed by atoms with Crippen LogP contribution in [0, 0.1) is 0 Å². The van der Waals surface area contributed by atoms with Crippen molar-refractivity contribution < 1.29 is 14.3 Å². The van der Waals surface area contributed by atoms with Crippen molar-refractivity contribution in [1.82, 2.24) is 15.3 Å². The molecule has 0 aliphatic heterocycles. The number of aromatic nitrogens is 2. The summed E-state index contributed by atoms with van der Waals surface area (Å²) in [7, 11) is 0. The van der Waals surface area contributed by atoms with Gasteiger partial charge >= 0.3 is 5.97 Å². The molecule has 8 heteroatoms. The molecule has 0 saturated heterocycles. The van der Waals surface area contributed by atoms with Crippen LogP contribution in [0.4, 0.5) is 0 Å². The van der Waals surface area contributed by atoms with Crippen molar-refractivity contribution >= 4 is 45.2 Å². The molecule has 27 heavy (non-hydrogen) atoms.